The van der Waals surface area contributed by atoms with E-state index in [0.29, 0.717) is 16.7 Å². The molecule has 0 bridgehead atoms. The monoisotopic (exact) mass is 309 g/mol. The van der Waals surface area contributed by atoms with Gasteiger partial charge in [0.05, 0.1) is 0 Å². The first-order valence-corrected chi connectivity index (χ1v) is 6.27. The molecule has 0 spiro atoms. The zero-order valence-electron chi connectivity index (χ0n) is 11.1. The first-order valence-electron chi connectivity index (χ1n) is 6.27. The molecule has 0 aliphatic heterocycles. The molecule has 2 heterocycles. The van der Waals surface area contributed by atoms with Gasteiger partial charge < -0.3 is 14.8 Å². The highest BCUT2D eigenvalue weighted by atomic mass is 19.4. The molecular weight excluding hydrogens is 299 g/mol. The van der Waals surface area contributed by atoms with E-state index in [1.54, 1.807) is 6.07 Å². The maximum Gasteiger partial charge on any atom is 0.433 e. The topological polar surface area (TPSA) is 71.2 Å². The number of hydrogen-bond acceptors (Lipinski definition) is 5. The molecule has 114 valence electrons. The Labute approximate surface area is 122 Å². The van der Waals surface area contributed by atoms with Crippen LogP contribution < -0.4 is 5.32 Å². The van der Waals surface area contributed by atoms with Crippen LogP contribution in [0.2, 0.25) is 0 Å². The fourth-order valence-corrected chi connectivity index (χ4v) is 1.91. The summed E-state index contributed by atoms with van der Waals surface area (Å²) in [6, 6.07) is 7.03. The van der Waals surface area contributed by atoms with Gasteiger partial charge in [0.2, 0.25) is 0 Å². The van der Waals surface area contributed by atoms with Crippen molar-refractivity contribution in [3.63, 3.8) is 0 Å². The number of phenols is 1. The number of halogens is 3. The van der Waals surface area contributed by atoms with E-state index in [4.69, 9.17) is 4.42 Å². The smallest absolute Gasteiger partial charge is 0.433 e. The van der Waals surface area contributed by atoms with E-state index in [1.807, 2.05) is 0 Å². The standard InChI is InChI=1S/C14H10F3N3O2/c15-14(16,17)12-5-8(3-4-18-12)7-19-13-20-10-2-1-9(21)6-11(10)22-13/h1-6,21H,7H2,(H,19,20). The van der Waals surface area contributed by atoms with Crippen LogP contribution in [0.5, 0.6) is 5.75 Å². The van der Waals surface area contributed by atoms with Crippen molar-refractivity contribution < 1.29 is 22.7 Å². The van der Waals surface area contributed by atoms with Crippen LogP contribution >= 0.6 is 0 Å². The van der Waals surface area contributed by atoms with Crippen LogP contribution in [-0.4, -0.2) is 15.1 Å². The van der Waals surface area contributed by atoms with Gasteiger partial charge in [-0.15, -0.1) is 0 Å². The summed E-state index contributed by atoms with van der Waals surface area (Å²) in [6.45, 7) is 0.102. The number of benzene rings is 1. The summed E-state index contributed by atoms with van der Waals surface area (Å²) >= 11 is 0. The van der Waals surface area contributed by atoms with Gasteiger partial charge in [0, 0.05) is 18.8 Å². The average Bonchev–Trinajstić information content (AvgIpc) is 2.86. The van der Waals surface area contributed by atoms with Gasteiger partial charge in [-0.2, -0.15) is 18.2 Å². The third kappa shape index (κ3) is 2.95. The van der Waals surface area contributed by atoms with Crippen LogP contribution in [0.15, 0.2) is 40.9 Å². The summed E-state index contributed by atoms with van der Waals surface area (Å²) in [6.07, 6.45) is -3.38. The van der Waals surface area contributed by atoms with Gasteiger partial charge in [0.25, 0.3) is 6.01 Å². The van der Waals surface area contributed by atoms with Crippen LogP contribution in [0.3, 0.4) is 0 Å². The Morgan fingerprint density at radius 3 is 2.77 bits per heavy atom. The number of anilines is 1. The number of hydrogen-bond donors (Lipinski definition) is 2. The third-order valence-electron chi connectivity index (χ3n) is 2.93. The van der Waals surface area contributed by atoms with E-state index in [1.165, 1.54) is 18.2 Å². The average molecular weight is 309 g/mol. The largest absolute Gasteiger partial charge is 0.508 e. The molecule has 0 amide bonds. The summed E-state index contributed by atoms with van der Waals surface area (Å²) in [5, 5.41) is 12.1. The highest BCUT2D eigenvalue weighted by Gasteiger charge is 2.32. The van der Waals surface area contributed by atoms with Crippen LogP contribution in [0.4, 0.5) is 19.2 Å². The van der Waals surface area contributed by atoms with Gasteiger partial charge in [-0.3, -0.25) is 4.98 Å². The lowest BCUT2D eigenvalue weighted by atomic mass is 10.2. The fourth-order valence-electron chi connectivity index (χ4n) is 1.91. The number of fused-ring (bicyclic) bond motifs is 1. The van der Waals surface area contributed by atoms with Gasteiger partial charge in [-0.1, -0.05) is 0 Å². The number of alkyl halides is 3. The summed E-state index contributed by atoms with van der Waals surface area (Å²) in [5.41, 5.74) is 0.362. The van der Waals surface area contributed by atoms with Crippen molar-refractivity contribution in [2.45, 2.75) is 12.7 Å². The lowest BCUT2D eigenvalue weighted by molar-refractivity contribution is -0.141. The molecule has 8 heteroatoms. The van der Waals surface area contributed by atoms with Crippen LogP contribution in [-0.2, 0) is 12.7 Å². The Hall–Kier alpha value is -2.77. The molecule has 0 saturated carbocycles. The van der Waals surface area contributed by atoms with Crippen LogP contribution in [0.1, 0.15) is 11.3 Å². The molecule has 0 fully saturated rings. The molecule has 0 radical (unpaired) electrons. The number of nitrogens with one attached hydrogen (secondary N) is 1. The fraction of sp³-hybridized carbons (Fsp3) is 0.143. The first-order chi connectivity index (χ1) is 10.4. The number of aromatic hydroxyl groups is 1. The quantitative estimate of drug-likeness (QED) is 0.774. The highest BCUT2D eigenvalue weighted by molar-refractivity contribution is 5.75. The first kappa shape index (κ1) is 14.2. The van der Waals surface area contributed by atoms with Crippen molar-refractivity contribution in [3.05, 3.63) is 47.8 Å². The maximum atomic E-state index is 12.6. The van der Waals surface area contributed by atoms with Crippen molar-refractivity contribution in [1.82, 2.24) is 9.97 Å². The van der Waals surface area contributed by atoms with Crippen LogP contribution in [0, 0.1) is 0 Å². The molecule has 0 atom stereocenters. The number of rotatable bonds is 3. The normalized spacial score (nSPS) is 11.8. The second-order valence-corrected chi connectivity index (χ2v) is 4.57. The minimum Gasteiger partial charge on any atom is -0.508 e. The van der Waals surface area contributed by atoms with Gasteiger partial charge in [0.1, 0.15) is 17.0 Å². The van der Waals surface area contributed by atoms with Gasteiger partial charge in [-0.25, -0.2) is 0 Å². The molecule has 0 aliphatic carbocycles. The molecule has 3 aromatic rings. The van der Waals surface area contributed by atoms with E-state index in [-0.39, 0.29) is 18.3 Å². The summed E-state index contributed by atoms with van der Waals surface area (Å²) in [4.78, 5) is 7.40. The molecule has 5 nitrogen and oxygen atoms in total. The molecule has 1 aromatic carbocycles. The molecule has 22 heavy (non-hydrogen) atoms. The third-order valence-corrected chi connectivity index (χ3v) is 2.93. The minimum atomic E-state index is -4.48. The van der Waals surface area contributed by atoms with E-state index >= 15 is 0 Å². The Bertz CT molecular complexity index is 814. The summed E-state index contributed by atoms with van der Waals surface area (Å²) in [7, 11) is 0. The van der Waals surface area contributed by atoms with E-state index < -0.39 is 11.9 Å². The van der Waals surface area contributed by atoms with Crippen molar-refractivity contribution in [2.24, 2.45) is 0 Å². The summed E-state index contributed by atoms with van der Waals surface area (Å²) in [5.74, 6) is 0.0409. The SMILES string of the molecule is Oc1ccc2nc(NCc3ccnc(C(F)(F)F)c3)oc2c1. The zero-order chi connectivity index (χ0) is 15.7. The predicted octanol–water partition coefficient (Wildman–Crippen LogP) is 3.56. The Balaban J connectivity index is 1.76. The highest BCUT2D eigenvalue weighted by Crippen LogP contribution is 2.28. The molecule has 2 aromatic heterocycles. The Kier molecular flexibility index (Phi) is 3.36. The Morgan fingerprint density at radius 1 is 1.18 bits per heavy atom. The van der Waals surface area contributed by atoms with Gasteiger partial charge in [0.15, 0.2) is 5.58 Å². The molecule has 0 aliphatic rings. The molecular formula is C14H10F3N3O2. The molecule has 0 unspecified atom stereocenters. The van der Waals surface area contributed by atoms with Gasteiger partial charge >= 0.3 is 6.18 Å². The van der Waals surface area contributed by atoms with Crippen molar-refractivity contribution >= 4 is 17.1 Å². The van der Waals surface area contributed by atoms with Crippen molar-refractivity contribution in [3.8, 4) is 5.75 Å². The predicted molar refractivity (Wildman–Crippen MR) is 72.2 cm³/mol. The van der Waals surface area contributed by atoms with Crippen molar-refractivity contribution in [1.29, 1.82) is 0 Å². The second kappa shape index (κ2) is 5.21. The minimum absolute atomic E-state index is 0.0409. The lowest BCUT2D eigenvalue weighted by Crippen LogP contribution is -2.09. The Morgan fingerprint density at radius 2 is 2.00 bits per heavy atom. The summed E-state index contributed by atoms with van der Waals surface area (Å²) < 4.78 is 43.1. The second-order valence-electron chi connectivity index (χ2n) is 4.57. The molecule has 0 saturated heterocycles. The molecule has 3 rings (SSSR count). The van der Waals surface area contributed by atoms with E-state index in [9.17, 15) is 18.3 Å². The maximum absolute atomic E-state index is 12.6. The van der Waals surface area contributed by atoms with E-state index in [2.05, 4.69) is 15.3 Å². The van der Waals surface area contributed by atoms with Crippen LogP contribution in [0.25, 0.3) is 11.1 Å². The number of phenolic OH excluding ortho intramolecular Hbond substituents is 1. The lowest BCUT2D eigenvalue weighted by Gasteiger charge is -2.07. The number of aromatic nitrogens is 2. The number of oxazole rings is 1. The van der Waals surface area contributed by atoms with Crippen molar-refractivity contribution in [2.75, 3.05) is 5.32 Å². The zero-order valence-corrected chi connectivity index (χ0v) is 11.1. The van der Waals surface area contributed by atoms with Gasteiger partial charge in [-0.05, 0) is 29.8 Å². The number of nitrogens with zero attached hydrogens (tertiary/aromatic N) is 2. The van der Waals surface area contributed by atoms with E-state index in [0.717, 1.165) is 12.3 Å². The molecule has 2 N–H and O–H groups in total. The number of pyridine rings is 1.